The van der Waals surface area contributed by atoms with Gasteiger partial charge in [0.05, 0.1) is 11.6 Å². The fourth-order valence-electron chi connectivity index (χ4n) is 4.58. The number of H-pyrrole nitrogens is 1. The van der Waals surface area contributed by atoms with Gasteiger partial charge in [-0.05, 0) is 48.6 Å². The maximum Gasteiger partial charge on any atom is 0.419 e. The van der Waals surface area contributed by atoms with E-state index in [1.54, 1.807) is 19.1 Å². The highest BCUT2D eigenvalue weighted by Gasteiger charge is 2.62. The number of rotatable bonds is 3. The van der Waals surface area contributed by atoms with E-state index in [0.29, 0.717) is 5.39 Å². The lowest BCUT2D eigenvalue weighted by Crippen LogP contribution is -2.55. The van der Waals surface area contributed by atoms with E-state index in [2.05, 4.69) is 10.3 Å². The Kier molecular flexibility index (Phi) is 5.13. The summed E-state index contributed by atoms with van der Waals surface area (Å²) in [6.07, 6.45) is -4.06. The third-order valence-corrected chi connectivity index (χ3v) is 6.22. The molecule has 0 saturated heterocycles. The molecule has 0 spiro atoms. The number of pyridine rings is 1. The van der Waals surface area contributed by atoms with E-state index < -0.39 is 35.7 Å². The number of nitriles is 1. The second-order valence-corrected chi connectivity index (χ2v) is 7.96. The number of aromatic nitrogens is 1. The predicted molar refractivity (Wildman–Crippen MR) is 112 cm³/mol. The molecule has 1 aliphatic carbocycles. The predicted octanol–water partition coefficient (Wildman–Crippen LogP) is 4.45. The fourth-order valence-corrected chi connectivity index (χ4v) is 4.58. The number of benzene rings is 2. The summed E-state index contributed by atoms with van der Waals surface area (Å²) in [7, 11) is 0. The van der Waals surface area contributed by atoms with Gasteiger partial charge in [-0.15, -0.1) is 0 Å². The number of phenols is 1. The van der Waals surface area contributed by atoms with Gasteiger partial charge in [-0.3, -0.25) is 4.79 Å². The van der Waals surface area contributed by atoms with Crippen LogP contribution in [0, 0.1) is 11.3 Å². The standard InChI is InChI=1S/C23H20F3N3O3/c1-2-12-10-22(32,23(24,25)26)20(16-7-6-13(11-27)19(30)18(12)16)29-17-5-3-4-15-14(17)8-9-28-21(15)31/h3-9,12,20,29-30,32H,2,10H2,1H3,(H,28,31)/t12-,20+,22+/m1/s1. The molecule has 3 atom stereocenters. The highest BCUT2D eigenvalue weighted by molar-refractivity contribution is 5.93. The zero-order valence-corrected chi connectivity index (χ0v) is 17.0. The van der Waals surface area contributed by atoms with Crippen LogP contribution in [0.2, 0.25) is 0 Å². The van der Waals surface area contributed by atoms with Crippen LogP contribution >= 0.6 is 0 Å². The number of hydrogen-bond acceptors (Lipinski definition) is 5. The Bertz CT molecular complexity index is 1300. The molecule has 32 heavy (non-hydrogen) atoms. The van der Waals surface area contributed by atoms with Crippen molar-refractivity contribution in [1.29, 1.82) is 5.26 Å². The Labute approximate surface area is 180 Å². The first-order valence-corrected chi connectivity index (χ1v) is 10.0. The van der Waals surface area contributed by atoms with Crippen LogP contribution in [0.3, 0.4) is 0 Å². The minimum atomic E-state index is -4.98. The zero-order valence-electron chi connectivity index (χ0n) is 17.0. The van der Waals surface area contributed by atoms with Crippen LogP contribution < -0.4 is 10.9 Å². The van der Waals surface area contributed by atoms with Crippen molar-refractivity contribution in [2.45, 2.75) is 43.5 Å². The number of aromatic amines is 1. The molecule has 0 saturated carbocycles. The molecule has 1 aliphatic rings. The van der Waals surface area contributed by atoms with Crippen LogP contribution in [0.4, 0.5) is 18.9 Å². The van der Waals surface area contributed by atoms with Crippen molar-refractivity contribution in [3.05, 3.63) is 69.6 Å². The molecule has 0 aliphatic heterocycles. The Balaban J connectivity index is 1.96. The molecule has 0 amide bonds. The third kappa shape index (κ3) is 3.19. The molecule has 0 bridgehead atoms. The van der Waals surface area contributed by atoms with Gasteiger partial charge >= 0.3 is 6.18 Å². The number of aliphatic hydroxyl groups is 1. The number of halogens is 3. The van der Waals surface area contributed by atoms with E-state index in [4.69, 9.17) is 0 Å². The van der Waals surface area contributed by atoms with Gasteiger partial charge < -0.3 is 20.5 Å². The minimum absolute atomic E-state index is 0.0462. The zero-order chi connectivity index (χ0) is 23.3. The highest BCUT2D eigenvalue weighted by atomic mass is 19.4. The van der Waals surface area contributed by atoms with Crippen molar-refractivity contribution in [1.82, 2.24) is 4.98 Å². The van der Waals surface area contributed by atoms with Crippen molar-refractivity contribution in [3.8, 4) is 11.8 Å². The lowest BCUT2D eigenvalue weighted by molar-refractivity contribution is -0.272. The van der Waals surface area contributed by atoms with Crippen LogP contribution in [0.5, 0.6) is 5.75 Å². The maximum atomic E-state index is 14.2. The molecule has 0 unspecified atom stereocenters. The number of nitrogens with one attached hydrogen (secondary N) is 2. The van der Waals surface area contributed by atoms with Gasteiger partial charge in [0.25, 0.3) is 5.56 Å². The number of phenolic OH excluding ortho intramolecular Hbond substituents is 1. The van der Waals surface area contributed by atoms with Crippen LogP contribution in [-0.4, -0.2) is 27.0 Å². The largest absolute Gasteiger partial charge is 0.506 e. The first-order valence-electron chi connectivity index (χ1n) is 10.0. The normalized spacial score (nSPS) is 22.9. The van der Waals surface area contributed by atoms with Crippen LogP contribution in [0.25, 0.3) is 10.8 Å². The molecule has 0 fully saturated rings. The van der Waals surface area contributed by atoms with E-state index in [9.17, 15) is 33.4 Å². The number of alkyl halides is 3. The summed E-state index contributed by atoms with van der Waals surface area (Å²) < 4.78 is 42.7. The molecule has 1 heterocycles. The summed E-state index contributed by atoms with van der Waals surface area (Å²) in [5.74, 6) is -1.18. The van der Waals surface area contributed by atoms with Gasteiger partial charge in [0.1, 0.15) is 11.8 Å². The summed E-state index contributed by atoms with van der Waals surface area (Å²) in [4.78, 5) is 14.6. The quantitative estimate of drug-likeness (QED) is 0.478. The maximum absolute atomic E-state index is 14.2. The van der Waals surface area contributed by atoms with Crippen molar-refractivity contribution in [3.63, 3.8) is 0 Å². The molecule has 4 N–H and O–H groups in total. The molecule has 1 aromatic heterocycles. The smallest absolute Gasteiger partial charge is 0.419 e. The fraction of sp³-hybridized carbons (Fsp3) is 0.304. The average Bonchev–Trinajstić information content (AvgIpc) is 2.75. The molecule has 2 aromatic carbocycles. The third-order valence-electron chi connectivity index (χ3n) is 6.22. The summed E-state index contributed by atoms with van der Waals surface area (Å²) in [5, 5.41) is 34.4. The number of nitrogens with zero attached hydrogens (tertiary/aromatic N) is 1. The van der Waals surface area contributed by atoms with E-state index >= 15 is 0 Å². The number of fused-ring (bicyclic) bond motifs is 2. The highest BCUT2D eigenvalue weighted by Crippen LogP contribution is 2.55. The number of aromatic hydroxyl groups is 1. The molecule has 4 rings (SSSR count). The van der Waals surface area contributed by atoms with Crippen molar-refractivity contribution in [2.75, 3.05) is 5.32 Å². The summed E-state index contributed by atoms with van der Waals surface area (Å²) in [6.45, 7) is 1.66. The van der Waals surface area contributed by atoms with E-state index in [1.807, 2.05) is 6.07 Å². The summed E-state index contributed by atoms with van der Waals surface area (Å²) in [5.41, 5.74) is -3.09. The van der Waals surface area contributed by atoms with Gasteiger partial charge in [0.15, 0.2) is 5.60 Å². The Morgan fingerprint density at radius 2 is 2.00 bits per heavy atom. The van der Waals surface area contributed by atoms with E-state index in [0.717, 1.165) is 0 Å². The lowest BCUT2D eigenvalue weighted by atomic mass is 9.68. The number of anilines is 1. The van der Waals surface area contributed by atoms with Gasteiger partial charge in [-0.25, -0.2) is 0 Å². The molecular formula is C23H20F3N3O3. The first-order chi connectivity index (χ1) is 15.1. The molecule has 6 nitrogen and oxygen atoms in total. The Hall–Kier alpha value is -3.51. The van der Waals surface area contributed by atoms with E-state index in [1.165, 1.54) is 30.5 Å². The van der Waals surface area contributed by atoms with Gasteiger partial charge in [0.2, 0.25) is 0 Å². The minimum Gasteiger partial charge on any atom is -0.506 e. The SMILES string of the molecule is CC[C@@H]1C[C@@](O)(C(F)(F)F)[C@@H](Nc2cccc3c(=O)[nH]ccc23)c2ccc(C#N)c(O)c21. The van der Waals surface area contributed by atoms with Crippen molar-refractivity contribution in [2.24, 2.45) is 0 Å². The van der Waals surface area contributed by atoms with Crippen LogP contribution in [0.1, 0.15) is 48.4 Å². The molecule has 166 valence electrons. The Morgan fingerprint density at radius 3 is 2.66 bits per heavy atom. The second kappa shape index (κ2) is 7.57. The second-order valence-electron chi connectivity index (χ2n) is 7.96. The average molecular weight is 443 g/mol. The van der Waals surface area contributed by atoms with Crippen molar-refractivity contribution >= 4 is 16.5 Å². The van der Waals surface area contributed by atoms with Crippen LogP contribution in [-0.2, 0) is 0 Å². The molecule has 0 radical (unpaired) electrons. The topological polar surface area (TPSA) is 109 Å². The van der Waals surface area contributed by atoms with Gasteiger partial charge in [-0.2, -0.15) is 18.4 Å². The summed E-state index contributed by atoms with van der Waals surface area (Å²) >= 11 is 0. The van der Waals surface area contributed by atoms with Crippen LogP contribution in [0.15, 0.2) is 47.4 Å². The van der Waals surface area contributed by atoms with Gasteiger partial charge in [-0.1, -0.05) is 19.1 Å². The van der Waals surface area contributed by atoms with Gasteiger partial charge in [0, 0.05) is 28.2 Å². The molecular weight excluding hydrogens is 423 g/mol. The molecule has 9 heteroatoms. The van der Waals surface area contributed by atoms with Crippen molar-refractivity contribution < 1.29 is 23.4 Å². The Morgan fingerprint density at radius 1 is 1.25 bits per heavy atom. The lowest BCUT2D eigenvalue weighted by Gasteiger charge is -2.46. The number of hydrogen-bond donors (Lipinski definition) is 4. The van der Waals surface area contributed by atoms with E-state index in [-0.39, 0.29) is 39.9 Å². The molecule has 3 aromatic rings. The monoisotopic (exact) mass is 443 g/mol. The first kappa shape index (κ1) is 21.7. The summed E-state index contributed by atoms with van der Waals surface area (Å²) in [6, 6.07) is 8.89.